The van der Waals surface area contributed by atoms with Gasteiger partial charge < -0.3 is 0 Å². The fourth-order valence-electron chi connectivity index (χ4n) is 6.48. The van der Waals surface area contributed by atoms with E-state index in [4.69, 9.17) is 0 Å². The maximum atomic E-state index is 4.42. The van der Waals surface area contributed by atoms with Crippen molar-refractivity contribution in [1.82, 2.24) is 4.98 Å². The van der Waals surface area contributed by atoms with Gasteiger partial charge in [0.05, 0.1) is 0 Å². The molecule has 0 bridgehead atoms. The van der Waals surface area contributed by atoms with E-state index in [9.17, 15) is 0 Å². The van der Waals surface area contributed by atoms with Crippen molar-refractivity contribution in [1.29, 1.82) is 0 Å². The smallest absolute Gasteiger partial charge is 0.0403 e. The molecule has 38 heavy (non-hydrogen) atoms. The molecule has 0 saturated heterocycles. The summed E-state index contributed by atoms with van der Waals surface area (Å²) >= 11 is 0. The van der Waals surface area contributed by atoms with Crippen molar-refractivity contribution in [2.24, 2.45) is 29.1 Å². The van der Waals surface area contributed by atoms with Gasteiger partial charge in [0.15, 0.2) is 0 Å². The minimum absolute atomic E-state index is 0.701. The standard InChI is InChI=1S/C14H20.C12H19N.C11H22/c1-11(2)9-12-7-8-13-5-3-4-6-14(13)10-12;1-4-11-6-8-12(13-9-11)7-5-10(2)3;1-10(2)9-11(3)7-5-4-6-8-11/h3-6,11-12H,7-10H2,1-2H3;6,8-10H,4-5,7H2,1-3H3;10H,4-9H2,1-3H3. The van der Waals surface area contributed by atoms with E-state index in [1.54, 1.807) is 11.1 Å². The van der Waals surface area contributed by atoms with Crippen molar-refractivity contribution in [2.45, 2.75) is 139 Å². The predicted octanol–water partition coefficient (Wildman–Crippen LogP) is 11.1. The summed E-state index contributed by atoms with van der Waals surface area (Å²) in [5, 5.41) is 0. The number of aromatic nitrogens is 1. The van der Waals surface area contributed by atoms with E-state index >= 15 is 0 Å². The van der Waals surface area contributed by atoms with Crippen molar-refractivity contribution < 1.29 is 0 Å². The van der Waals surface area contributed by atoms with Gasteiger partial charge in [-0.15, -0.1) is 0 Å². The molecule has 1 fully saturated rings. The molecule has 1 heterocycles. The molecule has 1 nitrogen and oxygen atoms in total. The fourth-order valence-corrected chi connectivity index (χ4v) is 6.48. The molecule has 0 radical (unpaired) electrons. The second-order valence-electron chi connectivity index (χ2n) is 13.9. The number of aryl methyl sites for hydroxylation is 3. The quantitative estimate of drug-likeness (QED) is 0.338. The zero-order valence-electron chi connectivity index (χ0n) is 26.5. The van der Waals surface area contributed by atoms with Gasteiger partial charge in [0, 0.05) is 11.9 Å². The highest BCUT2D eigenvalue weighted by molar-refractivity contribution is 5.29. The van der Waals surface area contributed by atoms with Crippen LogP contribution in [0.3, 0.4) is 0 Å². The average molecular weight is 520 g/mol. The van der Waals surface area contributed by atoms with Gasteiger partial charge in [-0.05, 0) is 116 Å². The Hall–Kier alpha value is -1.63. The first-order valence-electron chi connectivity index (χ1n) is 16.1. The maximum absolute atomic E-state index is 4.42. The number of hydrogen-bond donors (Lipinski definition) is 0. The number of pyridine rings is 1. The van der Waals surface area contributed by atoms with Crippen LogP contribution in [0.4, 0.5) is 0 Å². The monoisotopic (exact) mass is 519 g/mol. The predicted molar refractivity (Wildman–Crippen MR) is 169 cm³/mol. The van der Waals surface area contributed by atoms with Gasteiger partial charge in [-0.2, -0.15) is 0 Å². The van der Waals surface area contributed by atoms with Gasteiger partial charge in [-0.25, -0.2) is 0 Å². The van der Waals surface area contributed by atoms with Crippen LogP contribution in [-0.4, -0.2) is 4.98 Å². The molecule has 1 unspecified atom stereocenters. The molecule has 214 valence electrons. The molecule has 1 saturated carbocycles. The molecule has 0 aliphatic heterocycles. The average Bonchev–Trinajstić information content (AvgIpc) is 2.88. The Labute approximate surface area is 237 Å². The Bertz CT molecular complexity index is 870. The summed E-state index contributed by atoms with van der Waals surface area (Å²) in [5.41, 5.74) is 6.45. The lowest BCUT2D eigenvalue weighted by Crippen LogP contribution is -2.21. The molecule has 1 aromatic heterocycles. The van der Waals surface area contributed by atoms with E-state index < -0.39 is 0 Å². The van der Waals surface area contributed by atoms with E-state index in [-0.39, 0.29) is 0 Å². The topological polar surface area (TPSA) is 12.9 Å². The van der Waals surface area contributed by atoms with Gasteiger partial charge >= 0.3 is 0 Å². The van der Waals surface area contributed by atoms with Gasteiger partial charge in [0.25, 0.3) is 0 Å². The number of rotatable bonds is 8. The highest BCUT2D eigenvalue weighted by Crippen LogP contribution is 2.40. The van der Waals surface area contributed by atoms with Gasteiger partial charge in [0.1, 0.15) is 0 Å². The van der Waals surface area contributed by atoms with Crippen molar-refractivity contribution >= 4 is 0 Å². The SMILES string of the molecule is CC(C)CC1(C)CCCCC1.CC(C)CC1CCc2ccccc2C1.CCc1ccc(CCC(C)C)nc1. The molecular formula is C37H61N. The fraction of sp³-hybridized carbons (Fsp3) is 0.703. The van der Waals surface area contributed by atoms with Crippen LogP contribution in [0, 0.1) is 29.1 Å². The third kappa shape index (κ3) is 12.9. The van der Waals surface area contributed by atoms with Crippen molar-refractivity contribution in [2.75, 3.05) is 0 Å². The number of nitrogens with zero attached hydrogens (tertiary/aromatic N) is 1. The molecule has 0 amide bonds. The molecule has 2 aliphatic carbocycles. The minimum Gasteiger partial charge on any atom is -0.261 e. The van der Waals surface area contributed by atoms with Crippen LogP contribution in [0.5, 0.6) is 0 Å². The van der Waals surface area contributed by atoms with Crippen LogP contribution in [0.2, 0.25) is 0 Å². The van der Waals surface area contributed by atoms with E-state index in [1.807, 2.05) is 6.20 Å². The summed E-state index contributed by atoms with van der Waals surface area (Å²) in [6.07, 6.45) is 19.7. The number of benzene rings is 1. The van der Waals surface area contributed by atoms with Crippen LogP contribution in [0.1, 0.15) is 136 Å². The lowest BCUT2D eigenvalue weighted by atomic mass is 9.71. The molecule has 2 aliphatic rings. The zero-order chi connectivity index (χ0) is 28.0. The van der Waals surface area contributed by atoms with E-state index in [1.165, 1.54) is 81.9 Å². The molecule has 0 spiro atoms. The summed E-state index contributed by atoms with van der Waals surface area (Å²) in [6.45, 7) is 18.5. The number of fused-ring (bicyclic) bond motifs is 1. The lowest BCUT2D eigenvalue weighted by molar-refractivity contribution is 0.175. The zero-order valence-corrected chi connectivity index (χ0v) is 26.5. The molecule has 4 rings (SSSR count). The Kier molecular flexibility index (Phi) is 14.7. The molecule has 1 heteroatoms. The van der Waals surface area contributed by atoms with E-state index in [2.05, 4.69) is 96.8 Å². The third-order valence-corrected chi connectivity index (χ3v) is 8.49. The summed E-state index contributed by atoms with van der Waals surface area (Å²) < 4.78 is 0. The van der Waals surface area contributed by atoms with Crippen molar-refractivity contribution in [3.63, 3.8) is 0 Å². The minimum atomic E-state index is 0.701. The first-order chi connectivity index (χ1) is 18.1. The van der Waals surface area contributed by atoms with E-state index in [0.29, 0.717) is 5.41 Å². The largest absolute Gasteiger partial charge is 0.261 e. The highest BCUT2D eigenvalue weighted by atomic mass is 14.7. The molecular weight excluding hydrogens is 458 g/mol. The van der Waals surface area contributed by atoms with Crippen molar-refractivity contribution in [3.05, 3.63) is 65.0 Å². The van der Waals surface area contributed by atoms with E-state index in [0.717, 1.165) is 36.5 Å². The number of hydrogen-bond acceptors (Lipinski definition) is 1. The van der Waals surface area contributed by atoms with Crippen LogP contribution in [-0.2, 0) is 25.7 Å². The molecule has 1 aromatic carbocycles. The summed E-state index contributed by atoms with van der Waals surface area (Å²) in [4.78, 5) is 4.42. The molecule has 1 atom stereocenters. The van der Waals surface area contributed by atoms with Gasteiger partial charge in [-0.3, -0.25) is 4.98 Å². The first kappa shape index (κ1) is 32.6. The maximum Gasteiger partial charge on any atom is 0.0403 e. The second-order valence-corrected chi connectivity index (χ2v) is 13.9. The lowest BCUT2D eigenvalue weighted by Gasteiger charge is -2.35. The highest BCUT2D eigenvalue weighted by Gasteiger charge is 2.27. The van der Waals surface area contributed by atoms with Crippen molar-refractivity contribution in [3.8, 4) is 0 Å². The third-order valence-electron chi connectivity index (χ3n) is 8.49. The Morgan fingerprint density at radius 2 is 1.53 bits per heavy atom. The Morgan fingerprint density at radius 3 is 2.08 bits per heavy atom. The summed E-state index contributed by atoms with van der Waals surface area (Å²) in [6, 6.07) is 13.3. The first-order valence-corrected chi connectivity index (χ1v) is 16.1. The molecule has 0 N–H and O–H groups in total. The van der Waals surface area contributed by atoms with Crippen LogP contribution < -0.4 is 0 Å². The Balaban J connectivity index is 0.000000202. The second kappa shape index (κ2) is 17.1. The molecule has 2 aromatic rings. The normalized spacial score (nSPS) is 18.3. The Morgan fingerprint density at radius 1 is 0.842 bits per heavy atom. The van der Waals surface area contributed by atoms with Crippen LogP contribution in [0.15, 0.2) is 42.6 Å². The van der Waals surface area contributed by atoms with Crippen LogP contribution >= 0.6 is 0 Å². The summed E-state index contributed by atoms with van der Waals surface area (Å²) in [5.74, 6) is 3.45. The summed E-state index contributed by atoms with van der Waals surface area (Å²) in [7, 11) is 0. The van der Waals surface area contributed by atoms with Gasteiger partial charge in [-0.1, -0.05) is 105 Å². The van der Waals surface area contributed by atoms with Gasteiger partial charge in [0.2, 0.25) is 0 Å². The van der Waals surface area contributed by atoms with Crippen LogP contribution in [0.25, 0.3) is 0 Å².